The summed E-state index contributed by atoms with van der Waals surface area (Å²) in [7, 11) is 0. The van der Waals surface area contributed by atoms with E-state index in [1.54, 1.807) is 0 Å². The summed E-state index contributed by atoms with van der Waals surface area (Å²) in [6, 6.07) is 0. The molecular formula is C12H17NO4. The van der Waals surface area contributed by atoms with E-state index >= 15 is 0 Å². The highest BCUT2D eigenvalue weighted by molar-refractivity contribution is 6.34. The van der Waals surface area contributed by atoms with Crippen molar-refractivity contribution in [3.8, 4) is 0 Å². The third kappa shape index (κ3) is 2.33. The Morgan fingerprint density at radius 2 is 1.82 bits per heavy atom. The monoisotopic (exact) mass is 239 g/mol. The van der Waals surface area contributed by atoms with Gasteiger partial charge in [0.25, 0.3) is 0 Å². The van der Waals surface area contributed by atoms with Gasteiger partial charge >= 0.3 is 5.97 Å². The second-order valence-electron chi connectivity index (χ2n) is 4.94. The van der Waals surface area contributed by atoms with Crippen molar-refractivity contribution in [2.75, 3.05) is 6.54 Å². The van der Waals surface area contributed by atoms with Gasteiger partial charge in [0.1, 0.15) is 0 Å². The lowest BCUT2D eigenvalue weighted by Gasteiger charge is -2.28. The van der Waals surface area contributed by atoms with Crippen LogP contribution in [0.2, 0.25) is 0 Å². The van der Waals surface area contributed by atoms with Crippen LogP contribution in [-0.2, 0) is 14.4 Å². The van der Waals surface area contributed by atoms with Crippen molar-refractivity contribution in [2.24, 2.45) is 17.8 Å². The van der Waals surface area contributed by atoms with Crippen molar-refractivity contribution in [3.63, 3.8) is 0 Å². The maximum Gasteiger partial charge on any atom is 0.372 e. The summed E-state index contributed by atoms with van der Waals surface area (Å²) in [6.45, 7) is 0.186. The Labute approximate surface area is 99.6 Å². The molecule has 1 heterocycles. The Balaban J connectivity index is 2.13. The van der Waals surface area contributed by atoms with Crippen molar-refractivity contribution in [2.45, 2.75) is 32.1 Å². The minimum atomic E-state index is -1.42. The van der Waals surface area contributed by atoms with Crippen molar-refractivity contribution < 1.29 is 19.5 Å². The number of amides is 1. The summed E-state index contributed by atoms with van der Waals surface area (Å²) in [6.07, 6.45) is 5.18. The molecule has 5 nitrogen and oxygen atoms in total. The van der Waals surface area contributed by atoms with Crippen LogP contribution >= 0.6 is 0 Å². The lowest BCUT2D eigenvalue weighted by Crippen LogP contribution is -2.35. The first-order valence-corrected chi connectivity index (χ1v) is 6.16. The van der Waals surface area contributed by atoms with E-state index in [-0.39, 0.29) is 18.4 Å². The number of Topliss-reactive ketones (excluding diaryl/α,β-unsaturated/α-hetero) is 1. The topological polar surface area (TPSA) is 83.5 Å². The molecule has 17 heavy (non-hydrogen) atoms. The molecule has 0 spiro atoms. The zero-order valence-corrected chi connectivity index (χ0v) is 9.65. The van der Waals surface area contributed by atoms with E-state index in [4.69, 9.17) is 5.11 Å². The number of hydrogen-bond donors (Lipinski definition) is 2. The van der Waals surface area contributed by atoms with Crippen LogP contribution in [0.25, 0.3) is 0 Å². The molecule has 1 aliphatic carbocycles. The quantitative estimate of drug-likeness (QED) is 0.706. The fourth-order valence-electron chi connectivity index (χ4n) is 3.09. The largest absolute Gasteiger partial charge is 0.475 e. The molecule has 94 valence electrons. The smallest absolute Gasteiger partial charge is 0.372 e. The molecule has 0 aromatic carbocycles. The first-order chi connectivity index (χ1) is 8.11. The molecule has 0 bridgehead atoms. The Morgan fingerprint density at radius 3 is 2.41 bits per heavy atom. The van der Waals surface area contributed by atoms with E-state index in [9.17, 15) is 14.4 Å². The fourth-order valence-corrected chi connectivity index (χ4v) is 3.09. The zero-order valence-electron chi connectivity index (χ0n) is 9.65. The molecule has 0 unspecified atom stereocenters. The number of aliphatic carboxylic acids is 1. The third-order valence-electron chi connectivity index (χ3n) is 3.94. The standard InChI is InChI=1S/C12H17NO4/c14-10(12(16)17)8-6-13-11(15)9(8)7-4-2-1-3-5-7/h7-9H,1-6H2,(H,13,15)(H,16,17)/t8-,9+/m0/s1. The zero-order chi connectivity index (χ0) is 12.4. The third-order valence-corrected chi connectivity index (χ3v) is 3.94. The maximum atomic E-state index is 11.8. The van der Waals surface area contributed by atoms with Gasteiger partial charge in [-0.3, -0.25) is 9.59 Å². The van der Waals surface area contributed by atoms with Crippen LogP contribution in [0.4, 0.5) is 0 Å². The maximum absolute atomic E-state index is 11.8. The van der Waals surface area contributed by atoms with E-state index in [0.29, 0.717) is 0 Å². The van der Waals surface area contributed by atoms with Crippen LogP contribution < -0.4 is 5.32 Å². The number of rotatable bonds is 3. The summed E-state index contributed by atoms with van der Waals surface area (Å²) < 4.78 is 0. The molecule has 2 aliphatic rings. The molecule has 2 atom stereocenters. The number of carboxylic acid groups (broad SMARTS) is 1. The molecule has 0 aromatic rings. The predicted molar refractivity (Wildman–Crippen MR) is 59.2 cm³/mol. The molecule has 1 amide bonds. The Morgan fingerprint density at radius 1 is 1.18 bits per heavy atom. The average molecular weight is 239 g/mol. The average Bonchev–Trinajstić information content (AvgIpc) is 2.71. The number of carboxylic acids is 1. The highest BCUT2D eigenvalue weighted by atomic mass is 16.4. The highest BCUT2D eigenvalue weighted by Gasteiger charge is 2.45. The van der Waals surface area contributed by atoms with E-state index in [0.717, 1.165) is 25.7 Å². The highest BCUT2D eigenvalue weighted by Crippen LogP contribution is 2.36. The minimum Gasteiger partial charge on any atom is -0.475 e. The second-order valence-corrected chi connectivity index (χ2v) is 4.94. The second kappa shape index (κ2) is 4.85. The molecule has 2 rings (SSSR count). The number of ketones is 1. The summed E-state index contributed by atoms with van der Waals surface area (Å²) in [4.78, 5) is 34.0. The number of carbonyl (C=O) groups is 3. The van der Waals surface area contributed by atoms with Gasteiger partial charge < -0.3 is 10.4 Å². The van der Waals surface area contributed by atoms with Crippen LogP contribution in [0.3, 0.4) is 0 Å². The van der Waals surface area contributed by atoms with E-state index < -0.39 is 23.6 Å². The van der Waals surface area contributed by atoms with Gasteiger partial charge in [0.2, 0.25) is 11.7 Å². The lowest BCUT2D eigenvalue weighted by molar-refractivity contribution is -0.152. The van der Waals surface area contributed by atoms with Crippen LogP contribution in [0.15, 0.2) is 0 Å². The summed E-state index contributed by atoms with van der Waals surface area (Å²) >= 11 is 0. The van der Waals surface area contributed by atoms with Crippen molar-refractivity contribution in [1.29, 1.82) is 0 Å². The van der Waals surface area contributed by atoms with Crippen LogP contribution in [0, 0.1) is 17.8 Å². The Hall–Kier alpha value is -1.39. The predicted octanol–water partition coefficient (Wildman–Crippen LogP) is 0.583. The first kappa shape index (κ1) is 12.1. The summed E-state index contributed by atoms with van der Waals surface area (Å²) in [5, 5.41) is 11.4. The minimum absolute atomic E-state index is 0.142. The Bertz CT molecular complexity index is 346. The van der Waals surface area contributed by atoms with Gasteiger partial charge in [-0.25, -0.2) is 4.79 Å². The van der Waals surface area contributed by atoms with Gasteiger partial charge in [0.15, 0.2) is 0 Å². The normalized spacial score (nSPS) is 30.0. The molecule has 1 aliphatic heterocycles. The van der Waals surface area contributed by atoms with E-state index in [1.807, 2.05) is 0 Å². The van der Waals surface area contributed by atoms with Crippen molar-refractivity contribution in [1.82, 2.24) is 5.32 Å². The van der Waals surface area contributed by atoms with Crippen molar-refractivity contribution in [3.05, 3.63) is 0 Å². The van der Waals surface area contributed by atoms with Crippen LogP contribution in [0.1, 0.15) is 32.1 Å². The Kier molecular flexibility index (Phi) is 3.45. The lowest BCUT2D eigenvalue weighted by atomic mass is 9.74. The van der Waals surface area contributed by atoms with Crippen LogP contribution in [-0.4, -0.2) is 29.3 Å². The fraction of sp³-hybridized carbons (Fsp3) is 0.750. The molecule has 1 saturated heterocycles. The van der Waals surface area contributed by atoms with Gasteiger partial charge in [-0.15, -0.1) is 0 Å². The van der Waals surface area contributed by atoms with Gasteiger partial charge in [0, 0.05) is 6.54 Å². The molecule has 0 aromatic heterocycles. The number of carbonyl (C=O) groups excluding carboxylic acids is 2. The van der Waals surface area contributed by atoms with E-state index in [1.165, 1.54) is 6.42 Å². The summed E-state index contributed by atoms with van der Waals surface area (Å²) in [5.41, 5.74) is 0. The molecule has 2 N–H and O–H groups in total. The molecule has 1 saturated carbocycles. The SMILES string of the molecule is O=C(O)C(=O)[C@H]1CNC(=O)[C@@H]1C1CCCCC1. The van der Waals surface area contributed by atoms with Gasteiger partial charge in [0.05, 0.1) is 11.8 Å². The number of nitrogens with one attached hydrogen (secondary N) is 1. The molecule has 0 radical (unpaired) electrons. The first-order valence-electron chi connectivity index (χ1n) is 6.16. The number of hydrogen-bond acceptors (Lipinski definition) is 3. The van der Waals surface area contributed by atoms with Gasteiger partial charge in [-0.2, -0.15) is 0 Å². The summed E-state index contributed by atoms with van der Waals surface area (Å²) in [5.74, 6) is -3.29. The van der Waals surface area contributed by atoms with Gasteiger partial charge in [-0.05, 0) is 18.8 Å². The molecule has 2 fully saturated rings. The molecular weight excluding hydrogens is 222 g/mol. The van der Waals surface area contributed by atoms with Gasteiger partial charge in [-0.1, -0.05) is 19.3 Å². The van der Waals surface area contributed by atoms with Crippen LogP contribution in [0.5, 0.6) is 0 Å². The van der Waals surface area contributed by atoms with Crippen molar-refractivity contribution >= 4 is 17.7 Å². The molecule has 5 heteroatoms. The van der Waals surface area contributed by atoms with E-state index in [2.05, 4.69) is 5.32 Å².